The summed E-state index contributed by atoms with van der Waals surface area (Å²) >= 11 is 0. The Morgan fingerprint density at radius 1 is 1.12 bits per heavy atom. The van der Waals surface area contributed by atoms with Crippen LogP contribution in [0.5, 0.6) is 6.01 Å². The van der Waals surface area contributed by atoms with E-state index in [1.54, 1.807) is 0 Å². The summed E-state index contributed by atoms with van der Waals surface area (Å²) in [6.45, 7) is 4.29. The quantitative estimate of drug-likeness (QED) is 0.488. The first-order valence-electron chi connectivity index (χ1n) is 14.6. The SMILES string of the molecule is CN1CCCC1COc1nc2c(c(N3CCN(C(=O)O)[C@@H](CC#N)C3)n1)CN(C1Cc3cccc4cccc1c34)C2. The Labute approximate surface area is 239 Å². The van der Waals surface area contributed by atoms with E-state index >= 15 is 0 Å². The number of nitrogens with zero attached hydrogens (tertiary/aromatic N) is 7. The lowest BCUT2D eigenvalue weighted by Gasteiger charge is -2.40. The largest absolute Gasteiger partial charge is 0.465 e. The zero-order valence-corrected chi connectivity index (χ0v) is 23.4. The van der Waals surface area contributed by atoms with E-state index < -0.39 is 12.1 Å². The number of aromatic nitrogens is 2. The van der Waals surface area contributed by atoms with Gasteiger partial charge in [-0.15, -0.1) is 0 Å². The number of piperazine rings is 1. The first kappa shape index (κ1) is 26.0. The summed E-state index contributed by atoms with van der Waals surface area (Å²) in [5.74, 6) is 0.814. The molecule has 10 heteroatoms. The van der Waals surface area contributed by atoms with Gasteiger partial charge in [-0.2, -0.15) is 15.2 Å². The molecule has 0 radical (unpaired) electrons. The van der Waals surface area contributed by atoms with E-state index in [9.17, 15) is 15.2 Å². The molecule has 3 aliphatic heterocycles. The number of carbonyl (C=O) groups is 1. The molecule has 2 unspecified atom stereocenters. The Balaban J connectivity index is 1.20. The second kappa shape index (κ2) is 10.5. The summed E-state index contributed by atoms with van der Waals surface area (Å²) < 4.78 is 6.24. The third-order valence-electron chi connectivity index (χ3n) is 9.43. The van der Waals surface area contributed by atoms with Gasteiger partial charge in [0.05, 0.1) is 24.2 Å². The number of ether oxygens (including phenoxy) is 1. The van der Waals surface area contributed by atoms with Crippen LogP contribution >= 0.6 is 0 Å². The molecule has 1 amide bonds. The lowest BCUT2D eigenvalue weighted by atomic mass is 10.0. The molecule has 1 aromatic heterocycles. The number of amides is 1. The van der Waals surface area contributed by atoms with Gasteiger partial charge in [0.1, 0.15) is 12.4 Å². The molecular formula is C31H35N7O3. The molecule has 3 atom stereocenters. The maximum absolute atomic E-state index is 11.9. The Bertz CT molecular complexity index is 1530. The molecule has 4 aliphatic rings. The van der Waals surface area contributed by atoms with Gasteiger partial charge in [0.25, 0.3) is 0 Å². The summed E-state index contributed by atoms with van der Waals surface area (Å²) in [4.78, 5) is 30.1. The Kier molecular flexibility index (Phi) is 6.64. The van der Waals surface area contributed by atoms with E-state index in [0.717, 1.165) is 36.5 Å². The smallest absolute Gasteiger partial charge is 0.407 e. The molecule has 2 saturated heterocycles. The van der Waals surface area contributed by atoms with E-state index in [-0.39, 0.29) is 12.5 Å². The minimum atomic E-state index is -0.983. The fourth-order valence-corrected chi connectivity index (χ4v) is 7.27. The standard InChI is InChI=1S/C31H35N7O3/c1-35-12-4-8-23(35)19-41-30-33-26-18-37(27-15-21-7-2-5-20-6-3-9-24(27)28(20)21)17-25(26)29(34-30)36-13-14-38(31(39)40)22(16-36)10-11-32/h2-3,5-7,9,22-23,27H,4,8,10,12-19H2,1H3,(H,39,40)/t22-,23?,27?/m0/s1. The topological polar surface area (TPSA) is 109 Å². The first-order valence-corrected chi connectivity index (χ1v) is 14.6. The number of fused-ring (bicyclic) bond motifs is 1. The molecule has 3 aromatic rings. The third-order valence-corrected chi connectivity index (χ3v) is 9.43. The van der Waals surface area contributed by atoms with Gasteiger partial charge in [0.2, 0.25) is 0 Å². The number of anilines is 1. The number of likely N-dealkylation sites (tertiary alicyclic amines) is 1. The van der Waals surface area contributed by atoms with Crippen molar-refractivity contribution in [3.63, 3.8) is 0 Å². The van der Waals surface area contributed by atoms with Crippen LogP contribution in [0, 0.1) is 11.3 Å². The van der Waals surface area contributed by atoms with Crippen LogP contribution in [0.15, 0.2) is 36.4 Å². The second-order valence-electron chi connectivity index (χ2n) is 11.8. The second-order valence-corrected chi connectivity index (χ2v) is 11.8. The van der Waals surface area contributed by atoms with E-state index in [4.69, 9.17) is 14.7 Å². The minimum absolute atomic E-state index is 0.143. The zero-order valence-electron chi connectivity index (χ0n) is 23.4. The van der Waals surface area contributed by atoms with E-state index in [0.29, 0.717) is 51.4 Å². The van der Waals surface area contributed by atoms with Crippen molar-refractivity contribution in [2.75, 3.05) is 44.7 Å². The molecule has 10 nitrogen and oxygen atoms in total. The highest BCUT2D eigenvalue weighted by molar-refractivity contribution is 5.91. The molecular weight excluding hydrogens is 518 g/mol. The fraction of sp³-hybridized carbons (Fsp3) is 0.484. The number of likely N-dealkylation sites (N-methyl/N-ethyl adjacent to an activating group) is 1. The molecule has 0 bridgehead atoms. The first-order chi connectivity index (χ1) is 20.0. The van der Waals surface area contributed by atoms with Gasteiger partial charge in [-0.25, -0.2) is 4.79 Å². The van der Waals surface area contributed by atoms with Crippen molar-refractivity contribution < 1.29 is 14.6 Å². The zero-order chi connectivity index (χ0) is 28.1. The van der Waals surface area contributed by atoms with Crippen LogP contribution in [0.3, 0.4) is 0 Å². The van der Waals surface area contributed by atoms with Crippen molar-refractivity contribution in [3.05, 3.63) is 58.8 Å². The number of hydrogen-bond donors (Lipinski definition) is 1. The Morgan fingerprint density at radius 2 is 1.98 bits per heavy atom. The molecule has 4 heterocycles. The van der Waals surface area contributed by atoms with Gasteiger partial charge in [-0.3, -0.25) is 4.90 Å². The number of hydrogen-bond acceptors (Lipinski definition) is 8. The average molecular weight is 554 g/mol. The molecule has 41 heavy (non-hydrogen) atoms. The number of nitriles is 1. The highest BCUT2D eigenvalue weighted by atomic mass is 16.5. The lowest BCUT2D eigenvalue weighted by Crippen LogP contribution is -2.55. The maximum Gasteiger partial charge on any atom is 0.407 e. The monoisotopic (exact) mass is 553 g/mol. The van der Waals surface area contributed by atoms with Crippen molar-refractivity contribution in [1.29, 1.82) is 5.26 Å². The van der Waals surface area contributed by atoms with Crippen molar-refractivity contribution in [1.82, 2.24) is 24.7 Å². The number of benzene rings is 2. The molecule has 0 saturated carbocycles. The van der Waals surface area contributed by atoms with Crippen molar-refractivity contribution in [2.24, 2.45) is 0 Å². The van der Waals surface area contributed by atoms with Crippen molar-refractivity contribution in [3.8, 4) is 12.1 Å². The normalized spacial score (nSPS) is 24.1. The van der Waals surface area contributed by atoms with Crippen LogP contribution in [0.4, 0.5) is 10.6 Å². The summed E-state index contributed by atoms with van der Waals surface area (Å²) in [7, 11) is 2.13. The Morgan fingerprint density at radius 3 is 2.76 bits per heavy atom. The predicted molar refractivity (Wildman–Crippen MR) is 154 cm³/mol. The van der Waals surface area contributed by atoms with Gasteiger partial charge in [0.15, 0.2) is 0 Å². The molecule has 2 aromatic carbocycles. The maximum atomic E-state index is 11.9. The van der Waals surface area contributed by atoms with Crippen LogP contribution in [0.1, 0.15) is 47.7 Å². The highest BCUT2D eigenvalue weighted by Crippen LogP contribution is 2.44. The van der Waals surface area contributed by atoms with Crippen LogP contribution in [0.25, 0.3) is 10.8 Å². The summed E-state index contributed by atoms with van der Waals surface area (Å²) in [5.41, 5.74) is 4.81. The molecule has 0 spiro atoms. The molecule has 1 aliphatic carbocycles. The fourth-order valence-electron chi connectivity index (χ4n) is 7.27. The molecule has 212 valence electrons. The summed E-state index contributed by atoms with van der Waals surface area (Å²) in [5, 5.41) is 21.8. The van der Waals surface area contributed by atoms with Crippen molar-refractivity contribution in [2.45, 2.75) is 56.9 Å². The molecule has 2 fully saturated rings. The summed E-state index contributed by atoms with van der Waals surface area (Å²) in [6, 6.07) is 15.9. The molecule has 1 N–H and O–H groups in total. The Hall–Kier alpha value is -3.94. The van der Waals surface area contributed by atoms with Gasteiger partial charge in [-0.05, 0) is 54.8 Å². The van der Waals surface area contributed by atoms with E-state index in [2.05, 4.69) is 64.2 Å². The highest BCUT2D eigenvalue weighted by Gasteiger charge is 2.38. The van der Waals surface area contributed by atoms with Crippen molar-refractivity contribution >= 4 is 22.7 Å². The average Bonchev–Trinajstić information content (AvgIpc) is 3.69. The van der Waals surface area contributed by atoms with Crippen LogP contribution in [-0.2, 0) is 19.5 Å². The van der Waals surface area contributed by atoms with Crippen LogP contribution < -0.4 is 9.64 Å². The minimum Gasteiger partial charge on any atom is -0.465 e. The third kappa shape index (κ3) is 4.63. The van der Waals surface area contributed by atoms with Crippen LogP contribution in [-0.4, -0.2) is 87.8 Å². The van der Waals surface area contributed by atoms with Gasteiger partial charge in [0, 0.05) is 50.4 Å². The number of rotatable bonds is 6. The molecule has 7 rings (SSSR count). The van der Waals surface area contributed by atoms with E-state index in [1.807, 2.05) is 0 Å². The lowest BCUT2D eigenvalue weighted by molar-refractivity contribution is 0.119. The van der Waals surface area contributed by atoms with Gasteiger partial charge in [-0.1, -0.05) is 36.4 Å². The summed E-state index contributed by atoms with van der Waals surface area (Å²) in [6.07, 6.45) is 2.39. The predicted octanol–water partition coefficient (Wildman–Crippen LogP) is 3.80. The van der Waals surface area contributed by atoms with Crippen LogP contribution in [0.2, 0.25) is 0 Å². The van der Waals surface area contributed by atoms with Gasteiger partial charge >= 0.3 is 12.1 Å². The number of carboxylic acid groups (broad SMARTS) is 1. The van der Waals surface area contributed by atoms with Gasteiger partial charge < -0.3 is 24.5 Å². The van der Waals surface area contributed by atoms with E-state index in [1.165, 1.54) is 33.2 Å².